The van der Waals surface area contributed by atoms with Gasteiger partial charge in [0.15, 0.2) is 0 Å². The summed E-state index contributed by atoms with van der Waals surface area (Å²) >= 11 is 6.01. The molecule has 0 fully saturated rings. The Balaban J connectivity index is 1.93. The highest BCUT2D eigenvalue weighted by Gasteiger charge is 2.12. The van der Waals surface area contributed by atoms with Crippen LogP contribution in [0.25, 0.3) is 0 Å². The standard InChI is InChI=1S/C19H20ClNO4/c1-2-25-17-8-7-15(20)11-14(17)9-10-21-18(22)12-13-5-3-4-6-16(13)19(23)24/h3-8,11H,2,9-10,12H2,1H3,(H,21,22)(H,23,24). The summed E-state index contributed by atoms with van der Waals surface area (Å²) < 4.78 is 5.55. The quantitative estimate of drug-likeness (QED) is 0.756. The third kappa shape index (κ3) is 5.50. The topological polar surface area (TPSA) is 75.6 Å². The van der Waals surface area contributed by atoms with Gasteiger partial charge in [-0.05, 0) is 48.7 Å². The number of aromatic carboxylic acids is 1. The maximum atomic E-state index is 12.1. The highest BCUT2D eigenvalue weighted by Crippen LogP contribution is 2.23. The summed E-state index contributed by atoms with van der Waals surface area (Å²) in [6, 6.07) is 11.9. The fourth-order valence-corrected chi connectivity index (χ4v) is 2.69. The third-order valence-electron chi connectivity index (χ3n) is 3.64. The molecule has 0 unspecified atom stereocenters. The minimum Gasteiger partial charge on any atom is -0.494 e. The third-order valence-corrected chi connectivity index (χ3v) is 3.87. The number of carbonyl (C=O) groups is 2. The normalized spacial score (nSPS) is 10.3. The van der Waals surface area contributed by atoms with E-state index in [-0.39, 0.29) is 17.9 Å². The van der Waals surface area contributed by atoms with Crippen molar-refractivity contribution in [2.24, 2.45) is 0 Å². The van der Waals surface area contributed by atoms with Gasteiger partial charge in [0, 0.05) is 11.6 Å². The van der Waals surface area contributed by atoms with E-state index < -0.39 is 5.97 Å². The molecule has 0 aliphatic heterocycles. The molecule has 0 heterocycles. The van der Waals surface area contributed by atoms with Crippen molar-refractivity contribution >= 4 is 23.5 Å². The van der Waals surface area contributed by atoms with E-state index in [1.165, 1.54) is 6.07 Å². The molecule has 25 heavy (non-hydrogen) atoms. The number of benzene rings is 2. The maximum Gasteiger partial charge on any atom is 0.335 e. The van der Waals surface area contributed by atoms with E-state index in [4.69, 9.17) is 21.4 Å². The van der Waals surface area contributed by atoms with Crippen LogP contribution in [0.15, 0.2) is 42.5 Å². The van der Waals surface area contributed by atoms with E-state index >= 15 is 0 Å². The van der Waals surface area contributed by atoms with Crippen molar-refractivity contribution < 1.29 is 19.4 Å². The minimum atomic E-state index is -1.04. The number of hydrogen-bond donors (Lipinski definition) is 2. The molecule has 0 aliphatic carbocycles. The smallest absolute Gasteiger partial charge is 0.335 e. The summed E-state index contributed by atoms with van der Waals surface area (Å²) in [5.74, 6) is -0.519. The van der Waals surface area contributed by atoms with Crippen LogP contribution in [-0.4, -0.2) is 30.1 Å². The Bertz CT molecular complexity index is 761. The van der Waals surface area contributed by atoms with Crippen molar-refractivity contribution in [1.29, 1.82) is 0 Å². The summed E-state index contributed by atoms with van der Waals surface area (Å²) in [7, 11) is 0. The van der Waals surface area contributed by atoms with Crippen molar-refractivity contribution in [3.63, 3.8) is 0 Å². The summed E-state index contributed by atoms with van der Waals surface area (Å²) in [6.07, 6.45) is 0.596. The van der Waals surface area contributed by atoms with Gasteiger partial charge in [-0.1, -0.05) is 29.8 Å². The predicted molar refractivity (Wildman–Crippen MR) is 96.4 cm³/mol. The van der Waals surface area contributed by atoms with Gasteiger partial charge >= 0.3 is 5.97 Å². The molecular weight excluding hydrogens is 342 g/mol. The van der Waals surface area contributed by atoms with Crippen LogP contribution >= 0.6 is 11.6 Å². The molecule has 0 bridgehead atoms. The van der Waals surface area contributed by atoms with Crippen molar-refractivity contribution in [2.75, 3.05) is 13.2 Å². The summed E-state index contributed by atoms with van der Waals surface area (Å²) in [6.45, 7) is 2.86. The zero-order valence-electron chi connectivity index (χ0n) is 13.9. The second-order valence-corrected chi connectivity index (χ2v) is 5.86. The average molecular weight is 362 g/mol. The fraction of sp³-hybridized carbons (Fsp3) is 0.263. The SMILES string of the molecule is CCOc1ccc(Cl)cc1CCNC(=O)Cc1ccccc1C(=O)O. The Hall–Kier alpha value is -2.53. The van der Waals surface area contributed by atoms with E-state index in [0.717, 1.165) is 11.3 Å². The molecule has 132 valence electrons. The van der Waals surface area contributed by atoms with Crippen molar-refractivity contribution in [1.82, 2.24) is 5.32 Å². The molecule has 6 heteroatoms. The van der Waals surface area contributed by atoms with Crippen LogP contribution in [0.4, 0.5) is 0 Å². The molecule has 0 saturated carbocycles. The van der Waals surface area contributed by atoms with E-state index in [9.17, 15) is 9.59 Å². The molecule has 2 rings (SSSR count). The van der Waals surface area contributed by atoms with E-state index in [1.807, 2.05) is 19.1 Å². The van der Waals surface area contributed by atoms with Crippen LogP contribution in [0, 0.1) is 0 Å². The lowest BCUT2D eigenvalue weighted by atomic mass is 10.0. The van der Waals surface area contributed by atoms with Crippen LogP contribution in [0.3, 0.4) is 0 Å². The Morgan fingerprint density at radius 1 is 1.16 bits per heavy atom. The van der Waals surface area contributed by atoms with E-state index in [0.29, 0.717) is 30.2 Å². The van der Waals surface area contributed by atoms with Gasteiger partial charge in [0.05, 0.1) is 18.6 Å². The first-order valence-corrected chi connectivity index (χ1v) is 8.38. The van der Waals surface area contributed by atoms with Crippen LogP contribution in [0.1, 0.15) is 28.4 Å². The van der Waals surface area contributed by atoms with Gasteiger partial charge in [-0.3, -0.25) is 4.79 Å². The van der Waals surface area contributed by atoms with E-state index in [1.54, 1.807) is 24.3 Å². The van der Waals surface area contributed by atoms with Crippen molar-refractivity contribution in [3.8, 4) is 5.75 Å². The predicted octanol–water partition coefficient (Wildman–Crippen LogP) is 3.34. The monoisotopic (exact) mass is 361 g/mol. The number of ether oxygens (including phenoxy) is 1. The molecule has 0 atom stereocenters. The molecule has 0 radical (unpaired) electrons. The lowest BCUT2D eigenvalue weighted by Crippen LogP contribution is -2.28. The molecule has 2 aromatic rings. The van der Waals surface area contributed by atoms with Crippen LogP contribution in [0.5, 0.6) is 5.75 Å². The Morgan fingerprint density at radius 2 is 1.92 bits per heavy atom. The summed E-state index contributed by atoms with van der Waals surface area (Å²) in [5.41, 5.74) is 1.55. The molecule has 0 saturated heterocycles. The highest BCUT2D eigenvalue weighted by atomic mass is 35.5. The Kier molecular flexibility index (Phi) is 6.83. The first kappa shape index (κ1) is 18.8. The number of carboxylic acids is 1. The Labute approximate surface area is 151 Å². The minimum absolute atomic E-state index is 0.0241. The molecule has 1 amide bonds. The number of hydrogen-bond acceptors (Lipinski definition) is 3. The second-order valence-electron chi connectivity index (χ2n) is 5.42. The highest BCUT2D eigenvalue weighted by molar-refractivity contribution is 6.30. The van der Waals surface area contributed by atoms with Crippen molar-refractivity contribution in [3.05, 3.63) is 64.2 Å². The average Bonchev–Trinajstić information content (AvgIpc) is 2.57. The van der Waals surface area contributed by atoms with Gasteiger partial charge in [-0.25, -0.2) is 4.79 Å². The zero-order chi connectivity index (χ0) is 18.2. The van der Waals surface area contributed by atoms with Crippen LogP contribution < -0.4 is 10.1 Å². The fourth-order valence-electron chi connectivity index (χ4n) is 2.49. The van der Waals surface area contributed by atoms with E-state index in [2.05, 4.69) is 5.32 Å². The molecular formula is C19H20ClNO4. The molecule has 0 aromatic heterocycles. The molecule has 0 aliphatic rings. The largest absolute Gasteiger partial charge is 0.494 e. The van der Waals surface area contributed by atoms with Gasteiger partial charge in [0.25, 0.3) is 0 Å². The number of carbonyl (C=O) groups excluding carboxylic acids is 1. The van der Waals surface area contributed by atoms with Gasteiger partial charge < -0.3 is 15.2 Å². The van der Waals surface area contributed by atoms with Crippen LogP contribution in [0.2, 0.25) is 5.02 Å². The van der Waals surface area contributed by atoms with Crippen LogP contribution in [-0.2, 0) is 17.6 Å². The maximum absolute atomic E-state index is 12.1. The molecule has 2 aromatic carbocycles. The number of nitrogens with one attached hydrogen (secondary N) is 1. The molecule has 2 N–H and O–H groups in total. The summed E-state index contributed by atoms with van der Waals surface area (Å²) in [5, 5.41) is 12.6. The van der Waals surface area contributed by atoms with Gasteiger partial charge in [-0.15, -0.1) is 0 Å². The van der Waals surface area contributed by atoms with Gasteiger partial charge in [0.1, 0.15) is 5.75 Å². The number of rotatable bonds is 8. The zero-order valence-corrected chi connectivity index (χ0v) is 14.7. The van der Waals surface area contributed by atoms with Gasteiger partial charge in [0.2, 0.25) is 5.91 Å². The van der Waals surface area contributed by atoms with Gasteiger partial charge in [-0.2, -0.15) is 0 Å². The molecule has 5 nitrogen and oxygen atoms in total. The number of carboxylic acid groups (broad SMARTS) is 1. The van der Waals surface area contributed by atoms with Crippen molar-refractivity contribution in [2.45, 2.75) is 19.8 Å². The lowest BCUT2D eigenvalue weighted by molar-refractivity contribution is -0.120. The number of halogens is 1. The number of amides is 1. The Morgan fingerprint density at radius 3 is 2.64 bits per heavy atom. The lowest BCUT2D eigenvalue weighted by Gasteiger charge is -2.11. The molecule has 0 spiro atoms. The second kappa shape index (κ2) is 9.08. The summed E-state index contributed by atoms with van der Waals surface area (Å²) in [4.78, 5) is 23.3. The first-order chi connectivity index (χ1) is 12.0. The first-order valence-electron chi connectivity index (χ1n) is 8.00.